The SMILES string of the molecule is CCCCOc1cccc(CNC(=O)c2ccc(N3CCN(C(C)=O)CC3)c([N+](=O)[O-])c2)c1. The van der Waals surface area contributed by atoms with Gasteiger partial charge in [0.05, 0.1) is 11.5 Å². The first-order valence-corrected chi connectivity index (χ1v) is 11.2. The van der Waals surface area contributed by atoms with Gasteiger partial charge in [0.2, 0.25) is 5.91 Å². The van der Waals surface area contributed by atoms with E-state index in [0.29, 0.717) is 38.5 Å². The minimum absolute atomic E-state index is 0.00534. The number of hydrogen-bond donors (Lipinski definition) is 1. The van der Waals surface area contributed by atoms with Crippen molar-refractivity contribution in [3.8, 4) is 5.75 Å². The van der Waals surface area contributed by atoms with E-state index < -0.39 is 4.92 Å². The lowest BCUT2D eigenvalue weighted by molar-refractivity contribution is -0.384. The first-order chi connectivity index (χ1) is 15.9. The maximum absolute atomic E-state index is 12.7. The second kappa shape index (κ2) is 11.3. The smallest absolute Gasteiger partial charge is 0.293 e. The van der Waals surface area contributed by atoms with Crippen LogP contribution in [0, 0.1) is 10.1 Å². The second-order valence-electron chi connectivity index (χ2n) is 7.99. The molecule has 2 amide bonds. The molecule has 0 atom stereocenters. The Morgan fingerprint density at radius 3 is 2.55 bits per heavy atom. The van der Waals surface area contributed by atoms with Gasteiger partial charge in [-0.25, -0.2) is 0 Å². The fourth-order valence-electron chi connectivity index (χ4n) is 3.70. The summed E-state index contributed by atoms with van der Waals surface area (Å²) in [5.74, 6) is 0.359. The van der Waals surface area contributed by atoms with Crippen LogP contribution in [0.4, 0.5) is 11.4 Å². The summed E-state index contributed by atoms with van der Waals surface area (Å²) in [6, 6.07) is 12.0. The Kier molecular flexibility index (Phi) is 8.23. The normalized spacial score (nSPS) is 13.5. The Balaban J connectivity index is 1.65. The van der Waals surface area contributed by atoms with Crippen molar-refractivity contribution in [2.45, 2.75) is 33.2 Å². The topological polar surface area (TPSA) is 105 Å². The highest BCUT2D eigenvalue weighted by atomic mass is 16.6. The summed E-state index contributed by atoms with van der Waals surface area (Å²) in [7, 11) is 0. The molecule has 176 valence electrons. The Bertz CT molecular complexity index is 1000. The van der Waals surface area contributed by atoms with Crippen LogP contribution in [0.3, 0.4) is 0 Å². The molecule has 1 aliphatic heterocycles. The molecule has 0 saturated carbocycles. The summed E-state index contributed by atoms with van der Waals surface area (Å²) < 4.78 is 5.70. The molecule has 3 rings (SSSR count). The van der Waals surface area contributed by atoms with Crippen molar-refractivity contribution in [1.82, 2.24) is 10.2 Å². The van der Waals surface area contributed by atoms with Crippen molar-refractivity contribution >= 4 is 23.2 Å². The van der Waals surface area contributed by atoms with E-state index in [1.54, 1.807) is 17.0 Å². The van der Waals surface area contributed by atoms with Crippen molar-refractivity contribution in [3.05, 3.63) is 63.7 Å². The van der Waals surface area contributed by atoms with Crippen molar-refractivity contribution in [3.63, 3.8) is 0 Å². The molecule has 9 heteroatoms. The predicted molar refractivity (Wildman–Crippen MR) is 126 cm³/mol. The van der Waals surface area contributed by atoms with Gasteiger partial charge in [0.1, 0.15) is 11.4 Å². The minimum Gasteiger partial charge on any atom is -0.494 e. The van der Waals surface area contributed by atoms with E-state index in [-0.39, 0.29) is 29.6 Å². The van der Waals surface area contributed by atoms with E-state index in [1.165, 1.54) is 13.0 Å². The minimum atomic E-state index is -0.472. The maximum atomic E-state index is 12.7. The third-order valence-electron chi connectivity index (χ3n) is 5.62. The van der Waals surface area contributed by atoms with Crippen LogP contribution in [0.25, 0.3) is 0 Å². The number of nitro groups is 1. The van der Waals surface area contributed by atoms with Gasteiger partial charge < -0.3 is 19.9 Å². The number of anilines is 1. The molecule has 0 aromatic heterocycles. The lowest BCUT2D eigenvalue weighted by Gasteiger charge is -2.35. The van der Waals surface area contributed by atoms with Gasteiger partial charge in [-0.2, -0.15) is 0 Å². The van der Waals surface area contributed by atoms with Crippen LogP contribution < -0.4 is 15.0 Å². The molecule has 1 aliphatic rings. The molecular weight excluding hydrogens is 424 g/mol. The number of nitrogens with zero attached hydrogens (tertiary/aromatic N) is 3. The molecule has 33 heavy (non-hydrogen) atoms. The quantitative estimate of drug-likeness (QED) is 0.354. The largest absolute Gasteiger partial charge is 0.494 e. The van der Waals surface area contributed by atoms with Gasteiger partial charge in [-0.15, -0.1) is 0 Å². The molecule has 1 saturated heterocycles. The van der Waals surface area contributed by atoms with Crippen molar-refractivity contribution in [1.29, 1.82) is 0 Å². The average molecular weight is 455 g/mol. The monoisotopic (exact) mass is 454 g/mol. The third-order valence-corrected chi connectivity index (χ3v) is 5.62. The molecule has 1 N–H and O–H groups in total. The summed E-state index contributed by atoms with van der Waals surface area (Å²) in [6.07, 6.45) is 2.03. The number of nitro benzene ring substituents is 1. The number of unbranched alkanes of at least 4 members (excludes halogenated alkanes) is 1. The van der Waals surface area contributed by atoms with Crippen molar-refractivity contribution in [2.24, 2.45) is 0 Å². The summed E-state index contributed by atoms with van der Waals surface area (Å²) in [5, 5.41) is 14.5. The zero-order chi connectivity index (χ0) is 23.8. The number of benzene rings is 2. The maximum Gasteiger partial charge on any atom is 0.293 e. The van der Waals surface area contributed by atoms with Crippen LogP contribution in [0.15, 0.2) is 42.5 Å². The first-order valence-electron chi connectivity index (χ1n) is 11.2. The number of carbonyl (C=O) groups excluding carboxylic acids is 2. The molecule has 0 aliphatic carbocycles. The molecule has 0 unspecified atom stereocenters. The number of hydrogen-bond acceptors (Lipinski definition) is 6. The van der Waals surface area contributed by atoms with E-state index in [4.69, 9.17) is 4.74 Å². The Morgan fingerprint density at radius 2 is 1.88 bits per heavy atom. The van der Waals surface area contributed by atoms with Crippen molar-refractivity contribution < 1.29 is 19.2 Å². The molecule has 1 fully saturated rings. The van der Waals surface area contributed by atoms with Crippen LogP contribution in [-0.2, 0) is 11.3 Å². The third kappa shape index (κ3) is 6.44. The zero-order valence-electron chi connectivity index (χ0n) is 19.1. The highest BCUT2D eigenvalue weighted by Crippen LogP contribution is 2.30. The Hall–Kier alpha value is -3.62. The number of ether oxygens (including phenoxy) is 1. The standard InChI is InChI=1S/C24H30N4O5/c1-3-4-14-33-21-7-5-6-19(15-21)17-25-24(30)20-8-9-22(23(16-20)28(31)32)27-12-10-26(11-13-27)18(2)29/h5-9,15-16H,3-4,10-14,17H2,1-2H3,(H,25,30). The van der Waals surface area contributed by atoms with Crippen LogP contribution >= 0.6 is 0 Å². The number of rotatable bonds is 9. The predicted octanol–water partition coefficient (Wildman–Crippen LogP) is 3.37. The molecule has 1 heterocycles. The number of carbonyl (C=O) groups is 2. The van der Waals surface area contributed by atoms with E-state index >= 15 is 0 Å². The van der Waals surface area contributed by atoms with E-state index in [1.807, 2.05) is 29.2 Å². The van der Waals surface area contributed by atoms with Crippen LogP contribution in [-0.4, -0.2) is 54.4 Å². The van der Waals surface area contributed by atoms with Crippen LogP contribution in [0.2, 0.25) is 0 Å². The van der Waals surface area contributed by atoms with E-state index in [2.05, 4.69) is 12.2 Å². The Labute approximate surface area is 193 Å². The average Bonchev–Trinajstić information content (AvgIpc) is 2.82. The highest BCUT2D eigenvalue weighted by Gasteiger charge is 2.25. The number of piperazine rings is 1. The van der Waals surface area contributed by atoms with E-state index in [9.17, 15) is 19.7 Å². The van der Waals surface area contributed by atoms with Gasteiger partial charge >= 0.3 is 0 Å². The molecular formula is C24H30N4O5. The fourth-order valence-corrected chi connectivity index (χ4v) is 3.70. The number of nitrogens with one attached hydrogen (secondary N) is 1. The van der Waals surface area contributed by atoms with Gasteiger partial charge in [-0.05, 0) is 36.2 Å². The summed E-state index contributed by atoms with van der Waals surface area (Å²) in [4.78, 5) is 39.0. The molecule has 0 radical (unpaired) electrons. The van der Waals surface area contributed by atoms with Gasteiger partial charge in [0.25, 0.3) is 11.6 Å². The zero-order valence-corrected chi connectivity index (χ0v) is 19.1. The molecule has 9 nitrogen and oxygen atoms in total. The summed E-state index contributed by atoms with van der Waals surface area (Å²) >= 11 is 0. The second-order valence-corrected chi connectivity index (χ2v) is 7.99. The summed E-state index contributed by atoms with van der Waals surface area (Å²) in [5.41, 5.74) is 1.44. The lowest BCUT2D eigenvalue weighted by atomic mass is 10.1. The molecule has 0 bridgehead atoms. The lowest BCUT2D eigenvalue weighted by Crippen LogP contribution is -2.48. The van der Waals surface area contributed by atoms with Crippen LogP contribution in [0.5, 0.6) is 5.75 Å². The Morgan fingerprint density at radius 1 is 1.12 bits per heavy atom. The van der Waals surface area contributed by atoms with Crippen molar-refractivity contribution in [2.75, 3.05) is 37.7 Å². The molecule has 2 aromatic rings. The summed E-state index contributed by atoms with van der Waals surface area (Å²) in [6.45, 7) is 6.57. The first kappa shape index (κ1) is 24.0. The molecule has 0 spiro atoms. The van der Waals surface area contributed by atoms with Crippen LogP contribution in [0.1, 0.15) is 42.6 Å². The van der Waals surface area contributed by atoms with Gasteiger partial charge in [0, 0.05) is 51.3 Å². The fraction of sp³-hybridized carbons (Fsp3) is 0.417. The van der Waals surface area contributed by atoms with Gasteiger partial charge in [0.15, 0.2) is 0 Å². The number of amides is 2. The van der Waals surface area contributed by atoms with Gasteiger partial charge in [-0.1, -0.05) is 25.5 Å². The van der Waals surface area contributed by atoms with Gasteiger partial charge in [-0.3, -0.25) is 19.7 Å². The highest BCUT2D eigenvalue weighted by molar-refractivity contribution is 5.95. The molecule has 2 aromatic carbocycles. The van der Waals surface area contributed by atoms with E-state index in [0.717, 1.165) is 24.2 Å².